The molecule has 4 rings (SSSR count). The first-order valence-corrected chi connectivity index (χ1v) is 10.4. The standard InChI is InChI=1S/C24H28N4O2/c1-19-15-27(18-22-9-5-6-10-23(22)30-19)12-11-24(29)25-13-21-14-26-28(17-21)16-20-7-3-2-4-8-20/h2-10,14,17,19H,11-13,15-16,18H2,1H3,(H,25,29)/t19-/m0/s1. The molecule has 2 heterocycles. The third-order valence-corrected chi connectivity index (χ3v) is 5.23. The Hall–Kier alpha value is -3.12. The molecule has 3 aromatic rings. The second-order valence-electron chi connectivity index (χ2n) is 7.83. The highest BCUT2D eigenvalue weighted by Gasteiger charge is 2.20. The van der Waals surface area contributed by atoms with Crippen LogP contribution in [0, 0.1) is 0 Å². The summed E-state index contributed by atoms with van der Waals surface area (Å²) in [5.41, 5.74) is 3.38. The topological polar surface area (TPSA) is 59.4 Å². The Balaban J connectivity index is 1.24. The zero-order chi connectivity index (χ0) is 20.8. The first-order chi connectivity index (χ1) is 14.7. The molecule has 1 aliphatic rings. The number of ether oxygens (including phenoxy) is 1. The quantitative estimate of drug-likeness (QED) is 0.657. The molecule has 0 saturated carbocycles. The van der Waals surface area contributed by atoms with Crippen LogP contribution in [-0.2, 0) is 24.4 Å². The number of aromatic nitrogens is 2. The third-order valence-electron chi connectivity index (χ3n) is 5.23. The highest BCUT2D eigenvalue weighted by atomic mass is 16.5. The minimum absolute atomic E-state index is 0.0527. The van der Waals surface area contributed by atoms with Crippen molar-refractivity contribution in [1.29, 1.82) is 0 Å². The monoisotopic (exact) mass is 404 g/mol. The van der Waals surface area contributed by atoms with Crippen molar-refractivity contribution in [3.05, 3.63) is 83.7 Å². The summed E-state index contributed by atoms with van der Waals surface area (Å²) >= 11 is 0. The molecule has 156 valence electrons. The van der Waals surface area contributed by atoms with Crippen molar-refractivity contribution in [3.63, 3.8) is 0 Å². The number of amides is 1. The van der Waals surface area contributed by atoms with Gasteiger partial charge in [0.15, 0.2) is 0 Å². The fourth-order valence-electron chi connectivity index (χ4n) is 3.75. The van der Waals surface area contributed by atoms with Crippen LogP contribution in [-0.4, -0.2) is 39.8 Å². The van der Waals surface area contributed by atoms with Gasteiger partial charge in [-0.3, -0.25) is 14.4 Å². The summed E-state index contributed by atoms with van der Waals surface area (Å²) in [5.74, 6) is 1.00. The van der Waals surface area contributed by atoms with E-state index in [1.807, 2.05) is 53.5 Å². The van der Waals surface area contributed by atoms with Gasteiger partial charge in [0.2, 0.25) is 5.91 Å². The van der Waals surface area contributed by atoms with Crippen molar-refractivity contribution < 1.29 is 9.53 Å². The molecule has 0 unspecified atom stereocenters. The van der Waals surface area contributed by atoms with Crippen molar-refractivity contribution in [3.8, 4) is 5.75 Å². The largest absolute Gasteiger partial charge is 0.489 e. The highest BCUT2D eigenvalue weighted by molar-refractivity contribution is 5.76. The average molecular weight is 405 g/mol. The normalized spacial score (nSPS) is 16.4. The molecule has 1 aromatic heterocycles. The summed E-state index contributed by atoms with van der Waals surface area (Å²) in [6.45, 7) is 5.62. The number of benzene rings is 2. The van der Waals surface area contributed by atoms with Gasteiger partial charge in [0.05, 0.1) is 12.7 Å². The van der Waals surface area contributed by atoms with E-state index in [1.165, 1.54) is 11.1 Å². The van der Waals surface area contributed by atoms with Crippen molar-refractivity contribution in [2.45, 2.75) is 39.1 Å². The Morgan fingerprint density at radius 2 is 1.93 bits per heavy atom. The van der Waals surface area contributed by atoms with Gasteiger partial charge in [0.1, 0.15) is 11.9 Å². The van der Waals surface area contributed by atoms with Crippen LogP contribution >= 0.6 is 0 Å². The maximum atomic E-state index is 12.4. The van der Waals surface area contributed by atoms with E-state index in [-0.39, 0.29) is 12.0 Å². The number of para-hydroxylation sites is 1. The van der Waals surface area contributed by atoms with E-state index in [1.54, 1.807) is 0 Å². The summed E-state index contributed by atoms with van der Waals surface area (Å²) in [4.78, 5) is 14.7. The Bertz CT molecular complexity index is 970. The molecule has 0 radical (unpaired) electrons. The van der Waals surface area contributed by atoms with Crippen molar-refractivity contribution in [2.75, 3.05) is 13.1 Å². The first kappa shape index (κ1) is 20.2. The lowest BCUT2D eigenvalue weighted by atomic mass is 10.2. The van der Waals surface area contributed by atoms with E-state index in [0.717, 1.165) is 30.9 Å². The zero-order valence-corrected chi connectivity index (χ0v) is 17.3. The van der Waals surface area contributed by atoms with E-state index in [9.17, 15) is 4.79 Å². The van der Waals surface area contributed by atoms with Gasteiger partial charge in [0, 0.05) is 49.9 Å². The van der Waals surface area contributed by atoms with E-state index in [2.05, 4.69) is 40.4 Å². The van der Waals surface area contributed by atoms with Gasteiger partial charge in [-0.2, -0.15) is 5.10 Å². The number of hydrogen-bond acceptors (Lipinski definition) is 4. The molecule has 30 heavy (non-hydrogen) atoms. The maximum Gasteiger partial charge on any atom is 0.221 e. The van der Waals surface area contributed by atoms with E-state index in [0.29, 0.717) is 19.5 Å². The van der Waals surface area contributed by atoms with Crippen LogP contribution in [0.5, 0.6) is 5.75 Å². The van der Waals surface area contributed by atoms with Crippen LogP contribution in [0.15, 0.2) is 67.0 Å². The minimum atomic E-state index is 0.0527. The lowest BCUT2D eigenvalue weighted by Crippen LogP contribution is -2.34. The Labute approximate surface area is 177 Å². The Morgan fingerprint density at radius 1 is 1.13 bits per heavy atom. The molecule has 0 fully saturated rings. The van der Waals surface area contributed by atoms with Crippen molar-refractivity contribution in [2.24, 2.45) is 0 Å². The van der Waals surface area contributed by atoms with E-state index in [4.69, 9.17) is 4.74 Å². The molecule has 6 nitrogen and oxygen atoms in total. The molecule has 1 aliphatic heterocycles. The minimum Gasteiger partial charge on any atom is -0.489 e. The van der Waals surface area contributed by atoms with Crippen LogP contribution in [0.4, 0.5) is 0 Å². The predicted molar refractivity (Wildman–Crippen MR) is 116 cm³/mol. The van der Waals surface area contributed by atoms with Gasteiger partial charge in [0.25, 0.3) is 0 Å². The fourth-order valence-corrected chi connectivity index (χ4v) is 3.75. The van der Waals surface area contributed by atoms with Gasteiger partial charge in [-0.1, -0.05) is 48.5 Å². The second-order valence-corrected chi connectivity index (χ2v) is 7.83. The summed E-state index contributed by atoms with van der Waals surface area (Å²) in [5, 5.41) is 7.40. The molecular weight excluding hydrogens is 376 g/mol. The Morgan fingerprint density at radius 3 is 2.80 bits per heavy atom. The molecule has 1 atom stereocenters. The first-order valence-electron chi connectivity index (χ1n) is 10.4. The number of fused-ring (bicyclic) bond motifs is 1. The van der Waals surface area contributed by atoms with E-state index < -0.39 is 0 Å². The number of rotatable bonds is 7. The third kappa shape index (κ3) is 5.48. The molecule has 0 spiro atoms. The van der Waals surface area contributed by atoms with Crippen LogP contribution < -0.4 is 10.1 Å². The molecule has 0 saturated heterocycles. The number of hydrogen-bond donors (Lipinski definition) is 1. The molecule has 1 amide bonds. The van der Waals surface area contributed by atoms with Crippen LogP contribution in [0.3, 0.4) is 0 Å². The zero-order valence-electron chi connectivity index (χ0n) is 17.3. The van der Waals surface area contributed by atoms with Crippen LogP contribution in [0.2, 0.25) is 0 Å². The number of nitrogens with zero attached hydrogens (tertiary/aromatic N) is 3. The molecular formula is C24H28N4O2. The number of nitrogens with one attached hydrogen (secondary N) is 1. The summed E-state index contributed by atoms with van der Waals surface area (Å²) in [7, 11) is 0. The molecule has 1 N–H and O–H groups in total. The Kier molecular flexibility index (Phi) is 6.44. The van der Waals surface area contributed by atoms with Gasteiger partial charge < -0.3 is 10.1 Å². The van der Waals surface area contributed by atoms with E-state index >= 15 is 0 Å². The second kappa shape index (κ2) is 9.59. The van der Waals surface area contributed by atoms with Crippen molar-refractivity contribution in [1.82, 2.24) is 20.0 Å². The van der Waals surface area contributed by atoms with Gasteiger partial charge in [-0.25, -0.2) is 0 Å². The van der Waals surface area contributed by atoms with Crippen LogP contribution in [0.25, 0.3) is 0 Å². The van der Waals surface area contributed by atoms with Crippen LogP contribution in [0.1, 0.15) is 30.0 Å². The SMILES string of the molecule is C[C@H]1CN(CCC(=O)NCc2cnn(Cc3ccccc3)c2)Cc2ccccc2O1. The lowest BCUT2D eigenvalue weighted by Gasteiger charge is -2.21. The number of carbonyl (C=O) groups is 1. The lowest BCUT2D eigenvalue weighted by molar-refractivity contribution is -0.121. The molecule has 6 heteroatoms. The summed E-state index contributed by atoms with van der Waals surface area (Å²) in [6.07, 6.45) is 4.37. The fraction of sp³-hybridized carbons (Fsp3) is 0.333. The smallest absolute Gasteiger partial charge is 0.221 e. The van der Waals surface area contributed by atoms with Gasteiger partial charge in [-0.05, 0) is 18.6 Å². The van der Waals surface area contributed by atoms with Gasteiger partial charge >= 0.3 is 0 Å². The maximum absolute atomic E-state index is 12.4. The van der Waals surface area contributed by atoms with Gasteiger partial charge in [-0.15, -0.1) is 0 Å². The molecule has 0 bridgehead atoms. The summed E-state index contributed by atoms with van der Waals surface area (Å²) < 4.78 is 7.89. The summed E-state index contributed by atoms with van der Waals surface area (Å²) in [6, 6.07) is 18.3. The molecule has 0 aliphatic carbocycles. The number of carbonyl (C=O) groups excluding carboxylic acids is 1. The highest BCUT2D eigenvalue weighted by Crippen LogP contribution is 2.24. The average Bonchev–Trinajstić information content (AvgIpc) is 3.12. The van der Waals surface area contributed by atoms with Crippen molar-refractivity contribution >= 4 is 5.91 Å². The predicted octanol–water partition coefficient (Wildman–Crippen LogP) is 3.22. The molecule has 2 aromatic carbocycles.